The molecule has 5 nitrogen and oxygen atoms in total. The number of nitrogens with one attached hydrogen (secondary N) is 1. The van der Waals surface area contributed by atoms with Gasteiger partial charge in [-0.05, 0) is 32.6 Å². The molecule has 0 bridgehead atoms. The van der Waals surface area contributed by atoms with Crippen molar-refractivity contribution in [2.75, 3.05) is 46.4 Å². The maximum absolute atomic E-state index is 12.5. The summed E-state index contributed by atoms with van der Waals surface area (Å²) >= 11 is 0. The minimum absolute atomic E-state index is 0.0226. The Labute approximate surface area is 141 Å². The number of ether oxygens (including phenoxy) is 1. The Kier molecular flexibility index (Phi) is 7.80. The first-order valence-corrected chi connectivity index (χ1v) is 9.36. The van der Waals surface area contributed by atoms with Crippen LogP contribution in [0.5, 0.6) is 0 Å². The van der Waals surface area contributed by atoms with Gasteiger partial charge in [-0.3, -0.25) is 14.6 Å². The second-order valence-corrected chi connectivity index (χ2v) is 7.30. The van der Waals surface area contributed by atoms with E-state index in [1.165, 1.54) is 32.1 Å². The molecule has 0 spiro atoms. The number of hydrogen-bond donors (Lipinski definition) is 1. The van der Waals surface area contributed by atoms with E-state index in [2.05, 4.69) is 22.0 Å². The van der Waals surface area contributed by atoms with Gasteiger partial charge in [-0.2, -0.15) is 0 Å². The van der Waals surface area contributed by atoms with E-state index in [-0.39, 0.29) is 11.9 Å². The molecule has 0 aromatic carbocycles. The third kappa shape index (κ3) is 5.73. The van der Waals surface area contributed by atoms with Crippen LogP contribution >= 0.6 is 0 Å². The highest BCUT2D eigenvalue weighted by atomic mass is 16.5. The summed E-state index contributed by atoms with van der Waals surface area (Å²) < 4.78 is 5.18. The van der Waals surface area contributed by atoms with Gasteiger partial charge in [0.1, 0.15) is 0 Å². The standard InChI is InChI=1S/C18H35N3O2/c1-15-14-21(10-9-20(15)11-12-23-3)16(2)18(22)19-13-17-7-5-4-6-8-17/h15-17H,4-14H2,1-3H3,(H,19,22)/t15-,16-/m0/s1. The van der Waals surface area contributed by atoms with Gasteiger partial charge in [-0.1, -0.05) is 19.3 Å². The molecule has 1 saturated carbocycles. The molecule has 0 radical (unpaired) electrons. The Morgan fingerprint density at radius 1 is 1.26 bits per heavy atom. The van der Waals surface area contributed by atoms with E-state index in [0.717, 1.165) is 39.3 Å². The van der Waals surface area contributed by atoms with E-state index in [4.69, 9.17) is 4.74 Å². The van der Waals surface area contributed by atoms with Crippen LogP contribution < -0.4 is 5.32 Å². The molecule has 1 heterocycles. The van der Waals surface area contributed by atoms with Crippen molar-refractivity contribution >= 4 is 5.91 Å². The zero-order valence-electron chi connectivity index (χ0n) is 15.2. The van der Waals surface area contributed by atoms with Crippen molar-refractivity contribution in [3.8, 4) is 0 Å². The topological polar surface area (TPSA) is 44.8 Å². The highest BCUT2D eigenvalue weighted by molar-refractivity contribution is 5.81. The van der Waals surface area contributed by atoms with Gasteiger partial charge in [0, 0.05) is 45.9 Å². The van der Waals surface area contributed by atoms with Crippen molar-refractivity contribution in [3.63, 3.8) is 0 Å². The molecule has 5 heteroatoms. The number of carbonyl (C=O) groups is 1. The fraction of sp³-hybridized carbons (Fsp3) is 0.944. The van der Waals surface area contributed by atoms with Gasteiger partial charge in [0.2, 0.25) is 5.91 Å². The summed E-state index contributed by atoms with van der Waals surface area (Å²) in [5.41, 5.74) is 0. The van der Waals surface area contributed by atoms with Gasteiger partial charge in [0.05, 0.1) is 12.6 Å². The Bertz CT molecular complexity index is 358. The van der Waals surface area contributed by atoms with Gasteiger partial charge in [-0.25, -0.2) is 0 Å². The number of carbonyl (C=O) groups excluding carboxylic acids is 1. The molecular weight excluding hydrogens is 290 g/mol. The number of piperazine rings is 1. The number of hydrogen-bond acceptors (Lipinski definition) is 4. The zero-order valence-corrected chi connectivity index (χ0v) is 15.2. The molecule has 1 amide bonds. The molecule has 1 aliphatic carbocycles. The molecule has 0 unspecified atom stereocenters. The first-order chi connectivity index (χ1) is 11.1. The van der Waals surface area contributed by atoms with Crippen LogP contribution in [0.3, 0.4) is 0 Å². The minimum atomic E-state index is -0.0226. The van der Waals surface area contributed by atoms with Gasteiger partial charge < -0.3 is 10.1 Å². The molecule has 1 aliphatic heterocycles. The lowest BCUT2D eigenvalue weighted by Crippen LogP contribution is -2.57. The zero-order chi connectivity index (χ0) is 16.7. The quantitative estimate of drug-likeness (QED) is 0.774. The highest BCUT2D eigenvalue weighted by Crippen LogP contribution is 2.22. The van der Waals surface area contributed by atoms with E-state index >= 15 is 0 Å². The molecule has 23 heavy (non-hydrogen) atoms. The first-order valence-electron chi connectivity index (χ1n) is 9.36. The predicted molar refractivity (Wildman–Crippen MR) is 93.5 cm³/mol. The van der Waals surface area contributed by atoms with Crippen molar-refractivity contribution in [2.24, 2.45) is 5.92 Å². The lowest BCUT2D eigenvalue weighted by atomic mass is 9.89. The summed E-state index contributed by atoms with van der Waals surface area (Å²) in [5.74, 6) is 0.901. The van der Waals surface area contributed by atoms with Crippen molar-refractivity contribution in [3.05, 3.63) is 0 Å². The highest BCUT2D eigenvalue weighted by Gasteiger charge is 2.29. The van der Waals surface area contributed by atoms with E-state index in [1.54, 1.807) is 7.11 Å². The number of amides is 1. The van der Waals surface area contributed by atoms with E-state index in [1.807, 2.05) is 6.92 Å². The largest absolute Gasteiger partial charge is 0.383 e. The molecule has 0 aromatic heterocycles. The van der Waals surface area contributed by atoms with Gasteiger partial charge in [-0.15, -0.1) is 0 Å². The lowest BCUT2D eigenvalue weighted by Gasteiger charge is -2.41. The Hall–Kier alpha value is -0.650. The predicted octanol–water partition coefficient (Wildman–Crippen LogP) is 1.72. The number of nitrogens with zero attached hydrogens (tertiary/aromatic N) is 2. The third-order valence-electron chi connectivity index (χ3n) is 5.60. The number of rotatable bonds is 7. The van der Waals surface area contributed by atoms with Gasteiger partial charge in [0.15, 0.2) is 0 Å². The molecule has 2 rings (SSSR count). The Morgan fingerprint density at radius 3 is 2.65 bits per heavy atom. The van der Waals surface area contributed by atoms with Gasteiger partial charge >= 0.3 is 0 Å². The lowest BCUT2D eigenvalue weighted by molar-refractivity contribution is -0.127. The molecule has 134 valence electrons. The summed E-state index contributed by atoms with van der Waals surface area (Å²) in [6.07, 6.45) is 6.59. The van der Waals surface area contributed by atoms with Crippen molar-refractivity contribution < 1.29 is 9.53 Å². The summed E-state index contributed by atoms with van der Waals surface area (Å²) in [4.78, 5) is 17.2. The monoisotopic (exact) mass is 325 g/mol. The number of methoxy groups -OCH3 is 1. The fourth-order valence-electron chi connectivity index (χ4n) is 3.87. The Morgan fingerprint density at radius 2 is 2.00 bits per heavy atom. The molecule has 2 fully saturated rings. The van der Waals surface area contributed by atoms with Crippen LogP contribution in [-0.2, 0) is 9.53 Å². The smallest absolute Gasteiger partial charge is 0.237 e. The first kappa shape index (κ1) is 18.7. The second kappa shape index (κ2) is 9.60. The van der Waals surface area contributed by atoms with Crippen molar-refractivity contribution in [1.29, 1.82) is 0 Å². The molecule has 1 N–H and O–H groups in total. The SMILES string of the molecule is COCCN1CCN([C@@H](C)C(=O)NCC2CCCCC2)C[C@@H]1C. The van der Waals surface area contributed by atoms with Crippen LogP contribution in [0, 0.1) is 5.92 Å². The normalized spacial score (nSPS) is 26.1. The van der Waals surface area contributed by atoms with Crippen LogP contribution in [-0.4, -0.2) is 74.2 Å². The van der Waals surface area contributed by atoms with E-state index < -0.39 is 0 Å². The average Bonchev–Trinajstić information content (AvgIpc) is 2.58. The maximum atomic E-state index is 12.5. The summed E-state index contributed by atoms with van der Waals surface area (Å²) in [5, 5.41) is 3.20. The van der Waals surface area contributed by atoms with Crippen LogP contribution in [0.4, 0.5) is 0 Å². The van der Waals surface area contributed by atoms with E-state index in [0.29, 0.717) is 12.0 Å². The summed E-state index contributed by atoms with van der Waals surface area (Å²) in [6, 6.07) is 0.457. The third-order valence-corrected chi connectivity index (χ3v) is 5.60. The molecule has 0 aromatic rings. The molecule has 2 atom stereocenters. The Balaban J connectivity index is 1.72. The van der Waals surface area contributed by atoms with Crippen molar-refractivity contribution in [1.82, 2.24) is 15.1 Å². The van der Waals surface area contributed by atoms with Crippen molar-refractivity contribution in [2.45, 2.75) is 58.0 Å². The summed E-state index contributed by atoms with van der Waals surface area (Å²) in [6.45, 7) is 9.86. The maximum Gasteiger partial charge on any atom is 0.237 e. The minimum Gasteiger partial charge on any atom is -0.383 e. The van der Waals surface area contributed by atoms with Crippen LogP contribution in [0.1, 0.15) is 46.0 Å². The molecule has 1 saturated heterocycles. The van der Waals surface area contributed by atoms with Crippen LogP contribution in [0.25, 0.3) is 0 Å². The summed E-state index contributed by atoms with van der Waals surface area (Å²) in [7, 11) is 1.75. The van der Waals surface area contributed by atoms with Crippen LogP contribution in [0.2, 0.25) is 0 Å². The fourth-order valence-corrected chi connectivity index (χ4v) is 3.87. The average molecular weight is 325 g/mol. The van der Waals surface area contributed by atoms with E-state index in [9.17, 15) is 4.79 Å². The van der Waals surface area contributed by atoms with Gasteiger partial charge in [0.25, 0.3) is 0 Å². The molecular formula is C18H35N3O2. The second-order valence-electron chi connectivity index (χ2n) is 7.30. The van der Waals surface area contributed by atoms with Crippen LogP contribution in [0.15, 0.2) is 0 Å². The molecule has 2 aliphatic rings.